The highest BCUT2D eigenvalue weighted by Crippen LogP contribution is 2.01. The summed E-state index contributed by atoms with van der Waals surface area (Å²) >= 11 is 0. The van der Waals surface area contributed by atoms with Crippen LogP contribution in [0.1, 0.15) is 42.2 Å². The minimum atomic E-state index is -1.05. The Kier molecular flexibility index (Phi) is 5.13. The van der Waals surface area contributed by atoms with Crippen LogP contribution < -0.4 is 5.32 Å². The Labute approximate surface area is 99.9 Å². The number of amides is 1. The number of hydrogen-bond donors (Lipinski definition) is 2. The van der Waals surface area contributed by atoms with Crippen molar-refractivity contribution in [3.63, 3.8) is 0 Å². The van der Waals surface area contributed by atoms with Crippen LogP contribution in [0.3, 0.4) is 0 Å². The summed E-state index contributed by atoms with van der Waals surface area (Å²) in [6.07, 6.45) is 3.85. The predicted molar refractivity (Wildman–Crippen MR) is 62.6 cm³/mol. The molecular weight excluding hydrogens is 220 g/mol. The molecule has 0 aliphatic heterocycles. The lowest BCUT2D eigenvalue weighted by Gasteiger charge is -2.04. The van der Waals surface area contributed by atoms with Gasteiger partial charge in [0, 0.05) is 19.2 Å². The first-order valence-corrected chi connectivity index (χ1v) is 5.58. The monoisotopic (exact) mass is 236 g/mol. The van der Waals surface area contributed by atoms with Crippen LogP contribution in [0.5, 0.6) is 0 Å². The van der Waals surface area contributed by atoms with E-state index in [1.807, 2.05) is 6.92 Å². The summed E-state index contributed by atoms with van der Waals surface area (Å²) < 4.78 is 0. The number of carboxylic acid groups (broad SMARTS) is 1. The molecule has 5 heteroatoms. The minimum absolute atomic E-state index is 0.00561. The summed E-state index contributed by atoms with van der Waals surface area (Å²) in [4.78, 5) is 25.7. The van der Waals surface area contributed by atoms with Crippen molar-refractivity contribution in [1.29, 1.82) is 0 Å². The Morgan fingerprint density at radius 1 is 1.41 bits per heavy atom. The van der Waals surface area contributed by atoms with Crippen molar-refractivity contribution in [2.45, 2.75) is 32.7 Å². The summed E-state index contributed by atoms with van der Waals surface area (Å²) in [7, 11) is 0. The summed E-state index contributed by atoms with van der Waals surface area (Å²) in [5.41, 5.74) is 0.797. The van der Waals surface area contributed by atoms with Crippen LogP contribution in [0.25, 0.3) is 0 Å². The zero-order valence-corrected chi connectivity index (χ0v) is 9.77. The number of aromatic carboxylic acids is 1. The standard InChI is InChI=1S/C12H16N2O3/c1-2-3-4-11(15)14-8-9-5-6-10(12(16)17)13-7-9/h5-7H,2-4,8H2,1H3,(H,14,15)(H,16,17). The van der Waals surface area contributed by atoms with Crippen molar-refractivity contribution in [3.05, 3.63) is 29.6 Å². The van der Waals surface area contributed by atoms with Gasteiger partial charge in [0.2, 0.25) is 5.91 Å². The fourth-order valence-electron chi connectivity index (χ4n) is 1.28. The predicted octanol–water partition coefficient (Wildman–Crippen LogP) is 1.59. The van der Waals surface area contributed by atoms with Gasteiger partial charge in [0.05, 0.1) is 0 Å². The van der Waals surface area contributed by atoms with E-state index in [1.165, 1.54) is 12.3 Å². The number of carboxylic acids is 1. The largest absolute Gasteiger partial charge is 0.477 e. The van der Waals surface area contributed by atoms with Crippen molar-refractivity contribution < 1.29 is 14.7 Å². The number of pyridine rings is 1. The molecule has 0 radical (unpaired) electrons. The molecule has 0 bridgehead atoms. The Morgan fingerprint density at radius 2 is 2.18 bits per heavy atom. The van der Waals surface area contributed by atoms with Gasteiger partial charge in [-0.1, -0.05) is 19.4 Å². The third kappa shape index (κ3) is 4.63. The molecule has 2 N–H and O–H groups in total. The number of unbranched alkanes of at least 4 members (excludes halogenated alkanes) is 1. The number of aromatic nitrogens is 1. The van der Waals surface area contributed by atoms with E-state index in [1.54, 1.807) is 6.07 Å². The maximum absolute atomic E-state index is 11.3. The van der Waals surface area contributed by atoms with Gasteiger partial charge >= 0.3 is 5.97 Å². The average molecular weight is 236 g/mol. The van der Waals surface area contributed by atoms with Crippen molar-refractivity contribution in [2.24, 2.45) is 0 Å². The van der Waals surface area contributed by atoms with E-state index in [0.29, 0.717) is 13.0 Å². The highest BCUT2D eigenvalue weighted by Gasteiger charge is 2.04. The van der Waals surface area contributed by atoms with Crippen LogP contribution >= 0.6 is 0 Å². The summed E-state index contributed by atoms with van der Waals surface area (Å²) in [5.74, 6) is -1.04. The Bertz CT molecular complexity index is 387. The van der Waals surface area contributed by atoms with Gasteiger partial charge in [-0.3, -0.25) is 4.79 Å². The molecule has 1 amide bonds. The van der Waals surface area contributed by atoms with Crippen molar-refractivity contribution >= 4 is 11.9 Å². The van der Waals surface area contributed by atoms with Crippen LogP contribution in [0.15, 0.2) is 18.3 Å². The Balaban J connectivity index is 2.42. The summed E-state index contributed by atoms with van der Waals surface area (Å²) in [6.45, 7) is 2.41. The zero-order chi connectivity index (χ0) is 12.7. The fraction of sp³-hybridized carbons (Fsp3) is 0.417. The van der Waals surface area contributed by atoms with Crippen molar-refractivity contribution in [2.75, 3.05) is 0 Å². The highest BCUT2D eigenvalue weighted by molar-refractivity contribution is 5.85. The van der Waals surface area contributed by atoms with E-state index in [9.17, 15) is 9.59 Å². The van der Waals surface area contributed by atoms with E-state index in [2.05, 4.69) is 10.3 Å². The Morgan fingerprint density at radius 3 is 2.71 bits per heavy atom. The first-order chi connectivity index (χ1) is 8.13. The first kappa shape index (κ1) is 13.2. The number of nitrogens with one attached hydrogen (secondary N) is 1. The van der Waals surface area contributed by atoms with Crippen LogP contribution in [0, 0.1) is 0 Å². The number of hydrogen-bond acceptors (Lipinski definition) is 3. The fourth-order valence-corrected chi connectivity index (χ4v) is 1.28. The van der Waals surface area contributed by atoms with Gasteiger partial charge in [-0.2, -0.15) is 0 Å². The second-order valence-corrected chi connectivity index (χ2v) is 3.74. The van der Waals surface area contributed by atoms with Crippen LogP contribution in [-0.4, -0.2) is 22.0 Å². The quantitative estimate of drug-likeness (QED) is 0.786. The van der Waals surface area contributed by atoms with Crippen LogP contribution in [0.4, 0.5) is 0 Å². The number of carbonyl (C=O) groups excluding carboxylic acids is 1. The number of carbonyl (C=O) groups is 2. The molecule has 0 aliphatic carbocycles. The molecule has 0 fully saturated rings. The second kappa shape index (κ2) is 6.62. The molecule has 17 heavy (non-hydrogen) atoms. The van der Waals surface area contributed by atoms with Crippen LogP contribution in [0.2, 0.25) is 0 Å². The van der Waals surface area contributed by atoms with Gasteiger partial charge in [0.25, 0.3) is 0 Å². The molecule has 0 spiro atoms. The van der Waals surface area contributed by atoms with Crippen LogP contribution in [-0.2, 0) is 11.3 Å². The molecule has 1 heterocycles. The maximum Gasteiger partial charge on any atom is 0.354 e. The van der Waals surface area contributed by atoms with E-state index >= 15 is 0 Å². The van der Waals surface area contributed by atoms with E-state index in [-0.39, 0.29) is 11.6 Å². The van der Waals surface area contributed by atoms with E-state index < -0.39 is 5.97 Å². The second-order valence-electron chi connectivity index (χ2n) is 3.74. The topological polar surface area (TPSA) is 79.3 Å². The SMILES string of the molecule is CCCCC(=O)NCc1ccc(C(=O)O)nc1. The lowest BCUT2D eigenvalue weighted by Crippen LogP contribution is -2.22. The van der Waals surface area contributed by atoms with Gasteiger partial charge in [-0.15, -0.1) is 0 Å². The van der Waals surface area contributed by atoms with Gasteiger partial charge in [-0.05, 0) is 18.1 Å². The van der Waals surface area contributed by atoms with Gasteiger partial charge in [0.1, 0.15) is 5.69 Å². The molecule has 0 saturated carbocycles. The zero-order valence-electron chi connectivity index (χ0n) is 9.77. The molecule has 0 atom stereocenters. The lowest BCUT2D eigenvalue weighted by molar-refractivity contribution is -0.121. The summed E-state index contributed by atoms with van der Waals surface area (Å²) in [6, 6.07) is 3.08. The summed E-state index contributed by atoms with van der Waals surface area (Å²) in [5, 5.41) is 11.4. The third-order valence-corrected chi connectivity index (χ3v) is 2.29. The first-order valence-electron chi connectivity index (χ1n) is 5.58. The van der Waals surface area contributed by atoms with E-state index in [0.717, 1.165) is 18.4 Å². The molecule has 0 unspecified atom stereocenters. The molecule has 1 aromatic rings. The highest BCUT2D eigenvalue weighted by atomic mass is 16.4. The molecule has 1 rings (SSSR count). The normalized spacial score (nSPS) is 9.94. The Hall–Kier alpha value is -1.91. The minimum Gasteiger partial charge on any atom is -0.477 e. The molecule has 0 saturated heterocycles. The number of nitrogens with zero attached hydrogens (tertiary/aromatic N) is 1. The molecule has 0 aromatic carbocycles. The third-order valence-electron chi connectivity index (χ3n) is 2.29. The van der Waals surface area contributed by atoms with Crippen molar-refractivity contribution in [3.8, 4) is 0 Å². The van der Waals surface area contributed by atoms with Gasteiger partial charge < -0.3 is 10.4 Å². The average Bonchev–Trinajstić information content (AvgIpc) is 2.34. The molecular formula is C12H16N2O3. The maximum atomic E-state index is 11.3. The number of rotatable bonds is 6. The lowest BCUT2D eigenvalue weighted by atomic mass is 10.2. The molecule has 92 valence electrons. The van der Waals surface area contributed by atoms with Crippen molar-refractivity contribution in [1.82, 2.24) is 10.3 Å². The smallest absolute Gasteiger partial charge is 0.354 e. The molecule has 0 aliphatic rings. The molecule has 1 aromatic heterocycles. The van der Waals surface area contributed by atoms with E-state index in [4.69, 9.17) is 5.11 Å². The van der Waals surface area contributed by atoms with Gasteiger partial charge in [-0.25, -0.2) is 9.78 Å². The molecule has 5 nitrogen and oxygen atoms in total. The van der Waals surface area contributed by atoms with Gasteiger partial charge in [0.15, 0.2) is 0 Å².